The van der Waals surface area contributed by atoms with E-state index in [1.807, 2.05) is 46.6 Å². The first-order chi connectivity index (χ1) is 20.1. The molecule has 0 bridgehead atoms. The molecule has 2 aromatic heterocycles. The first kappa shape index (κ1) is 36.1. The standard InChI is InChI=1S/C19H19F4N3.C7H10OS.C4H5F.C2H7N/c1-18(2,3)17-14(11-24-16-9-15(20)25-26(16)17)8-12-4-6-13(7-5-12)10-19(21,22)23;8-3-6-1-7(2-6)4-9-5-7;1-3-4(2)5;1-3-2/h4-7,9,11H,8,10H2,1-3H3;3,6H,1-2,4-5H2;3H,1-2H2;3H,1-2H3. The molecule has 1 spiro atoms. The lowest BCUT2D eigenvalue weighted by Crippen LogP contribution is -2.47. The summed E-state index contributed by atoms with van der Waals surface area (Å²) in [6, 6.07) is 7.60. The third-order valence-electron chi connectivity index (χ3n) is 6.68. The Bertz CT molecular complexity index is 1350. The number of nitrogens with zero attached hydrogens (tertiary/aromatic N) is 3. The van der Waals surface area contributed by atoms with Crippen molar-refractivity contribution in [1.29, 1.82) is 0 Å². The summed E-state index contributed by atoms with van der Waals surface area (Å²) in [4.78, 5) is 14.5. The molecule has 43 heavy (non-hydrogen) atoms. The van der Waals surface area contributed by atoms with Crippen LogP contribution in [0.25, 0.3) is 5.65 Å². The number of carbonyl (C=O) groups is 1. The van der Waals surface area contributed by atoms with E-state index in [9.17, 15) is 26.7 Å². The van der Waals surface area contributed by atoms with Crippen LogP contribution in [0.2, 0.25) is 0 Å². The van der Waals surface area contributed by atoms with Crippen LogP contribution >= 0.6 is 11.8 Å². The molecule has 5 nitrogen and oxygen atoms in total. The van der Waals surface area contributed by atoms with Crippen molar-refractivity contribution in [1.82, 2.24) is 19.9 Å². The largest absolute Gasteiger partial charge is 0.393 e. The fraction of sp³-hybridized carbons (Fsp3) is 0.469. The number of aromatic nitrogens is 3. The Labute approximate surface area is 255 Å². The van der Waals surface area contributed by atoms with E-state index in [4.69, 9.17) is 0 Å². The van der Waals surface area contributed by atoms with Crippen LogP contribution in [0.1, 0.15) is 56.0 Å². The van der Waals surface area contributed by atoms with Gasteiger partial charge in [-0.1, -0.05) is 58.2 Å². The summed E-state index contributed by atoms with van der Waals surface area (Å²) in [5.74, 6) is 1.97. The molecule has 1 saturated heterocycles. The quantitative estimate of drug-likeness (QED) is 0.179. The lowest BCUT2D eigenvalue weighted by molar-refractivity contribution is -0.127. The summed E-state index contributed by atoms with van der Waals surface area (Å²) >= 11 is 2.02. The first-order valence-electron chi connectivity index (χ1n) is 13.8. The van der Waals surface area contributed by atoms with Crippen molar-refractivity contribution >= 4 is 23.7 Å². The van der Waals surface area contributed by atoms with Gasteiger partial charge in [-0.15, -0.1) is 5.10 Å². The van der Waals surface area contributed by atoms with Gasteiger partial charge in [-0.3, -0.25) is 0 Å². The van der Waals surface area contributed by atoms with Crippen LogP contribution in [-0.2, 0) is 23.1 Å². The molecule has 3 heterocycles. The maximum Gasteiger partial charge on any atom is 0.393 e. The summed E-state index contributed by atoms with van der Waals surface area (Å²) in [6.07, 6.45) is 1.53. The molecule has 0 atom stereocenters. The van der Waals surface area contributed by atoms with Crippen LogP contribution < -0.4 is 5.32 Å². The third-order valence-corrected chi connectivity index (χ3v) is 8.32. The number of thioether (sulfide) groups is 1. The highest BCUT2D eigenvalue weighted by Crippen LogP contribution is 2.55. The van der Waals surface area contributed by atoms with E-state index in [-0.39, 0.29) is 11.0 Å². The SMILES string of the molecule is C=CC(=C)F.CC(C)(C)c1c(Cc2ccc(CC(F)(F)F)cc2)cnc2cc(F)nn12.CNC.O=CC1CC2(CSC2)C1. The Morgan fingerprint density at radius 1 is 1.14 bits per heavy atom. The van der Waals surface area contributed by atoms with Crippen molar-refractivity contribution in [2.45, 2.75) is 58.0 Å². The molecule has 0 radical (unpaired) electrons. The molecule has 1 saturated carbocycles. The maximum atomic E-state index is 13.6. The summed E-state index contributed by atoms with van der Waals surface area (Å²) in [7, 11) is 3.75. The number of fused-ring (bicyclic) bond motifs is 1. The highest BCUT2D eigenvalue weighted by Gasteiger charge is 2.48. The number of alkyl halides is 3. The van der Waals surface area contributed by atoms with Crippen molar-refractivity contribution in [3.05, 3.63) is 89.9 Å². The van der Waals surface area contributed by atoms with Crippen molar-refractivity contribution in [2.75, 3.05) is 25.6 Å². The van der Waals surface area contributed by atoms with Crippen molar-refractivity contribution in [2.24, 2.45) is 11.3 Å². The number of aldehydes is 1. The molecule has 0 amide bonds. The highest BCUT2D eigenvalue weighted by atomic mass is 32.2. The maximum absolute atomic E-state index is 13.6. The van der Waals surface area contributed by atoms with E-state index in [0.29, 0.717) is 23.4 Å². The van der Waals surface area contributed by atoms with E-state index in [0.717, 1.165) is 29.2 Å². The summed E-state index contributed by atoms with van der Waals surface area (Å²) < 4.78 is 63.6. The summed E-state index contributed by atoms with van der Waals surface area (Å²) in [5.41, 5.74) is 3.52. The van der Waals surface area contributed by atoms with E-state index < -0.39 is 24.4 Å². The minimum atomic E-state index is -4.22. The Hall–Kier alpha value is -3.05. The molecular formula is C32H41F5N4OS. The predicted molar refractivity (Wildman–Crippen MR) is 165 cm³/mol. The van der Waals surface area contributed by atoms with Crippen LogP contribution in [0.15, 0.2) is 61.6 Å². The zero-order chi connectivity index (χ0) is 32.4. The second kappa shape index (κ2) is 15.6. The van der Waals surface area contributed by atoms with E-state index >= 15 is 0 Å². The van der Waals surface area contributed by atoms with Crippen LogP contribution in [0.5, 0.6) is 0 Å². The fourth-order valence-electron chi connectivity index (χ4n) is 4.87. The zero-order valence-electron chi connectivity index (χ0n) is 25.4. The molecule has 2 fully saturated rings. The Morgan fingerprint density at radius 2 is 1.67 bits per heavy atom. The average Bonchev–Trinajstić information content (AvgIpc) is 3.23. The Morgan fingerprint density at radius 3 is 2.09 bits per heavy atom. The van der Waals surface area contributed by atoms with Gasteiger partial charge in [0.25, 0.3) is 0 Å². The minimum Gasteiger partial charge on any atom is -0.323 e. The number of rotatable bonds is 5. The van der Waals surface area contributed by atoms with Crippen LogP contribution in [0.4, 0.5) is 22.0 Å². The van der Waals surface area contributed by atoms with Gasteiger partial charge in [-0.25, -0.2) is 13.9 Å². The van der Waals surface area contributed by atoms with Crippen LogP contribution in [0.3, 0.4) is 0 Å². The normalized spacial score (nSPS) is 15.4. The molecule has 1 aliphatic carbocycles. The van der Waals surface area contributed by atoms with E-state index in [2.05, 4.69) is 28.6 Å². The second-order valence-corrected chi connectivity index (χ2v) is 12.8. The van der Waals surface area contributed by atoms with Gasteiger partial charge < -0.3 is 10.1 Å². The van der Waals surface area contributed by atoms with Crippen molar-refractivity contribution < 1.29 is 26.7 Å². The molecule has 1 N–H and O–H groups in total. The van der Waals surface area contributed by atoms with Gasteiger partial charge >= 0.3 is 6.18 Å². The molecule has 3 aromatic rings. The number of carbonyl (C=O) groups excluding carboxylic acids is 1. The van der Waals surface area contributed by atoms with E-state index in [1.54, 1.807) is 18.3 Å². The minimum absolute atomic E-state index is 0.222. The number of hydrogen-bond donors (Lipinski definition) is 1. The van der Waals surface area contributed by atoms with Gasteiger partial charge in [0.15, 0.2) is 5.65 Å². The monoisotopic (exact) mass is 624 g/mol. The van der Waals surface area contributed by atoms with Crippen molar-refractivity contribution in [3.63, 3.8) is 0 Å². The van der Waals surface area contributed by atoms with Gasteiger partial charge in [0.2, 0.25) is 5.95 Å². The predicted octanol–water partition coefficient (Wildman–Crippen LogP) is 7.68. The smallest absolute Gasteiger partial charge is 0.323 e. The number of benzene rings is 1. The van der Waals surface area contributed by atoms with Gasteiger partial charge in [0, 0.05) is 30.0 Å². The fourth-order valence-corrected chi connectivity index (χ4v) is 6.12. The van der Waals surface area contributed by atoms with E-state index in [1.165, 1.54) is 47.1 Å². The number of halogens is 5. The van der Waals surface area contributed by atoms with Gasteiger partial charge in [-0.05, 0) is 66.6 Å². The van der Waals surface area contributed by atoms with Crippen LogP contribution in [0, 0.1) is 17.3 Å². The first-order valence-corrected chi connectivity index (χ1v) is 15.0. The molecule has 1 aromatic carbocycles. The zero-order valence-corrected chi connectivity index (χ0v) is 26.2. The van der Waals surface area contributed by atoms with Gasteiger partial charge in [0.1, 0.15) is 12.1 Å². The molecular weight excluding hydrogens is 583 g/mol. The molecule has 5 rings (SSSR count). The number of allylic oxidation sites excluding steroid dienone is 2. The van der Waals surface area contributed by atoms with Gasteiger partial charge in [-0.2, -0.15) is 29.3 Å². The summed E-state index contributed by atoms with van der Waals surface area (Å²) in [5, 5.41) is 6.65. The van der Waals surface area contributed by atoms with Crippen molar-refractivity contribution in [3.8, 4) is 0 Å². The molecule has 11 heteroatoms. The van der Waals surface area contributed by atoms with Crippen LogP contribution in [-0.4, -0.2) is 52.7 Å². The summed E-state index contributed by atoms with van der Waals surface area (Å²) in [6.45, 7) is 12.0. The highest BCUT2D eigenvalue weighted by molar-refractivity contribution is 8.00. The topological polar surface area (TPSA) is 59.3 Å². The lowest BCUT2D eigenvalue weighted by Gasteiger charge is -2.51. The third kappa shape index (κ3) is 11.2. The Kier molecular flexibility index (Phi) is 13.1. The number of hydrogen-bond acceptors (Lipinski definition) is 5. The van der Waals surface area contributed by atoms with Gasteiger partial charge in [0.05, 0.1) is 12.1 Å². The molecule has 2 aliphatic rings. The molecule has 236 valence electrons. The Balaban J connectivity index is 0.000000307. The number of nitrogens with one attached hydrogen (secondary N) is 1. The average molecular weight is 625 g/mol. The molecule has 1 aliphatic heterocycles. The lowest BCUT2D eigenvalue weighted by atomic mass is 9.64. The molecule has 0 unspecified atom stereocenters. The second-order valence-electron chi connectivity index (χ2n) is 11.9.